The molecule has 2 N–H and O–H groups in total. The quantitative estimate of drug-likeness (QED) is 0.719. The van der Waals surface area contributed by atoms with Gasteiger partial charge in [0.2, 0.25) is 0 Å². The molecule has 0 saturated heterocycles. The van der Waals surface area contributed by atoms with E-state index in [1.807, 2.05) is 35.9 Å². The molecule has 0 atom stereocenters. The smallest absolute Gasteiger partial charge is 0.185 e. The summed E-state index contributed by atoms with van der Waals surface area (Å²) in [4.78, 5) is 0. The van der Waals surface area contributed by atoms with Crippen LogP contribution in [0.5, 0.6) is 0 Å². The minimum absolute atomic E-state index is 0.372. The maximum Gasteiger partial charge on any atom is 0.185 e. The average Bonchev–Trinajstić information content (AvgIpc) is 2.84. The molecule has 3 rings (SSSR count). The minimum atomic E-state index is 0.372. The van der Waals surface area contributed by atoms with E-state index in [1.54, 1.807) is 6.07 Å². The summed E-state index contributed by atoms with van der Waals surface area (Å²) in [6.07, 6.45) is 0. The first-order chi connectivity index (χ1) is 8.16. The van der Waals surface area contributed by atoms with Crippen molar-refractivity contribution in [1.29, 1.82) is 0 Å². The lowest BCUT2D eigenvalue weighted by Gasteiger charge is -2.01. The number of nitrogen functional groups attached to an aromatic ring is 1. The summed E-state index contributed by atoms with van der Waals surface area (Å²) < 4.78 is 7.13. The Morgan fingerprint density at radius 3 is 2.82 bits per heavy atom. The van der Waals surface area contributed by atoms with Gasteiger partial charge in [0.1, 0.15) is 0 Å². The number of para-hydroxylation sites is 1. The van der Waals surface area contributed by atoms with Crippen molar-refractivity contribution in [2.24, 2.45) is 7.05 Å². The van der Waals surface area contributed by atoms with Gasteiger partial charge in [-0.2, -0.15) is 0 Å². The van der Waals surface area contributed by atoms with Gasteiger partial charge in [-0.3, -0.25) is 0 Å². The SMILES string of the molecule is Cn1c(-c2cc(N)no2)cc2cccc(Cl)c21. The number of nitrogens with two attached hydrogens (primary N) is 1. The third-order valence-corrected chi connectivity index (χ3v) is 3.09. The monoisotopic (exact) mass is 247 g/mol. The lowest BCUT2D eigenvalue weighted by Crippen LogP contribution is -1.90. The summed E-state index contributed by atoms with van der Waals surface area (Å²) in [7, 11) is 1.93. The third-order valence-electron chi connectivity index (χ3n) is 2.79. The molecule has 0 fully saturated rings. The van der Waals surface area contributed by atoms with Gasteiger partial charge in [0.15, 0.2) is 11.6 Å². The second kappa shape index (κ2) is 3.53. The highest BCUT2D eigenvalue weighted by Gasteiger charge is 2.13. The van der Waals surface area contributed by atoms with Crippen molar-refractivity contribution >= 4 is 28.3 Å². The van der Waals surface area contributed by atoms with E-state index >= 15 is 0 Å². The lowest BCUT2D eigenvalue weighted by atomic mass is 10.2. The molecular formula is C12H10ClN3O. The first-order valence-electron chi connectivity index (χ1n) is 5.13. The summed E-state index contributed by atoms with van der Waals surface area (Å²) in [5.41, 5.74) is 7.42. The zero-order valence-corrected chi connectivity index (χ0v) is 9.90. The van der Waals surface area contributed by atoms with Gasteiger partial charge < -0.3 is 14.8 Å². The highest BCUT2D eigenvalue weighted by molar-refractivity contribution is 6.35. The van der Waals surface area contributed by atoms with Crippen LogP contribution < -0.4 is 5.73 Å². The molecule has 86 valence electrons. The molecule has 0 bridgehead atoms. The van der Waals surface area contributed by atoms with Gasteiger partial charge >= 0.3 is 0 Å². The maximum absolute atomic E-state index is 6.18. The molecule has 0 saturated carbocycles. The Morgan fingerprint density at radius 1 is 1.35 bits per heavy atom. The van der Waals surface area contributed by atoms with Crippen LogP contribution in [0.3, 0.4) is 0 Å². The lowest BCUT2D eigenvalue weighted by molar-refractivity contribution is 0.433. The fraction of sp³-hybridized carbons (Fsp3) is 0.0833. The second-order valence-electron chi connectivity index (χ2n) is 3.88. The second-order valence-corrected chi connectivity index (χ2v) is 4.29. The summed E-state index contributed by atoms with van der Waals surface area (Å²) in [6, 6.07) is 9.49. The van der Waals surface area contributed by atoms with Gasteiger partial charge in [0.05, 0.1) is 16.2 Å². The topological polar surface area (TPSA) is 57.0 Å². The fourth-order valence-corrected chi connectivity index (χ4v) is 2.32. The fourth-order valence-electron chi connectivity index (χ4n) is 2.01. The third kappa shape index (κ3) is 1.49. The van der Waals surface area contributed by atoms with Crippen LogP contribution in [0.4, 0.5) is 5.82 Å². The molecule has 0 unspecified atom stereocenters. The Labute approximate surface area is 103 Å². The number of fused-ring (bicyclic) bond motifs is 1. The molecule has 0 amide bonds. The van der Waals surface area contributed by atoms with E-state index < -0.39 is 0 Å². The van der Waals surface area contributed by atoms with Gasteiger partial charge in [-0.1, -0.05) is 28.9 Å². The van der Waals surface area contributed by atoms with Gasteiger partial charge in [0.25, 0.3) is 0 Å². The largest absolute Gasteiger partial charge is 0.381 e. The molecule has 0 aliphatic heterocycles. The number of benzene rings is 1. The predicted molar refractivity (Wildman–Crippen MR) is 67.8 cm³/mol. The summed E-state index contributed by atoms with van der Waals surface area (Å²) in [5, 5.41) is 5.46. The van der Waals surface area contributed by atoms with E-state index in [1.165, 1.54) is 0 Å². The number of hydrogen-bond donors (Lipinski definition) is 1. The Kier molecular flexibility index (Phi) is 2.12. The number of rotatable bonds is 1. The molecule has 0 aliphatic carbocycles. The van der Waals surface area contributed by atoms with Gasteiger partial charge in [-0.05, 0) is 12.1 Å². The molecule has 17 heavy (non-hydrogen) atoms. The minimum Gasteiger partial charge on any atom is -0.381 e. The molecule has 2 heterocycles. The van der Waals surface area contributed by atoms with E-state index in [0.29, 0.717) is 16.6 Å². The van der Waals surface area contributed by atoms with Crippen molar-refractivity contribution in [1.82, 2.24) is 9.72 Å². The molecule has 2 aromatic heterocycles. The Hall–Kier alpha value is -1.94. The summed E-state index contributed by atoms with van der Waals surface area (Å²) in [6.45, 7) is 0. The Bertz CT molecular complexity index is 699. The maximum atomic E-state index is 6.18. The van der Waals surface area contributed by atoms with Crippen molar-refractivity contribution in [3.63, 3.8) is 0 Å². The zero-order valence-electron chi connectivity index (χ0n) is 9.14. The van der Waals surface area contributed by atoms with E-state index in [9.17, 15) is 0 Å². The summed E-state index contributed by atoms with van der Waals surface area (Å²) in [5.74, 6) is 1.01. The highest BCUT2D eigenvalue weighted by atomic mass is 35.5. The van der Waals surface area contributed by atoms with Crippen molar-refractivity contribution in [3.05, 3.63) is 35.4 Å². The van der Waals surface area contributed by atoms with E-state index in [-0.39, 0.29) is 0 Å². The molecule has 0 radical (unpaired) electrons. The molecule has 0 spiro atoms. The van der Waals surface area contributed by atoms with Crippen LogP contribution in [0.15, 0.2) is 34.9 Å². The van der Waals surface area contributed by atoms with Crippen LogP contribution in [0.2, 0.25) is 5.02 Å². The van der Waals surface area contributed by atoms with Crippen molar-refractivity contribution < 1.29 is 4.52 Å². The van der Waals surface area contributed by atoms with Crippen LogP contribution in [0.1, 0.15) is 0 Å². The number of nitrogens with zero attached hydrogens (tertiary/aromatic N) is 2. The molecular weight excluding hydrogens is 238 g/mol. The first kappa shape index (κ1) is 10.2. The highest BCUT2D eigenvalue weighted by Crippen LogP contribution is 2.31. The molecule has 3 aromatic rings. The molecule has 5 heteroatoms. The standard InChI is InChI=1S/C12H10ClN3O/c1-16-9(10-6-11(14)15-17-10)5-7-3-2-4-8(13)12(7)16/h2-6H,1H3,(H2,14,15). The average molecular weight is 248 g/mol. The first-order valence-corrected chi connectivity index (χ1v) is 5.51. The van der Waals surface area contributed by atoms with E-state index in [2.05, 4.69) is 5.16 Å². The molecule has 1 aromatic carbocycles. The van der Waals surface area contributed by atoms with E-state index in [4.69, 9.17) is 21.9 Å². The number of aryl methyl sites for hydroxylation is 1. The van der Waals surface area contributed by atoms with Gasteiger partial charge in [0, 0.05) is 18.5 Å². The number of halogens is 1. The number of aromatic nitrogens is 2. The van der Waals surface area contributed by atoms with Crippen LogP contribution in [0, 0.1) is 0 Å². The van der Waals surface area contributed by atoms with Gasteiger partial charge in [-0.25, -0.2) is 0 Å². The number of hydrogen-bond acceptors (Lipinski definition) is 3. The van der Waals surface area contributed by atoms with E-state index in [0.717, 1.165) is 16.6 Å². The van der Waals surface area contributed by atoms with Crippen LogP contribution in [-0.2, 0) is 7.05 Å². The van der Waals surface area contributed by atoms with Crippen LogP contribution >= 0.6 is 11.6 Å². The van der Waals surface area contributed by atoms with Crippen molar-refractivity contribution in [3.8, 4) is 11.5 Å². The summed E-state index contributed by atoms with van der Waals surface area (Å²) >= 11 is 6.18. The predicted octanol–water partition coefficient (Wildman–Crippen LogP) is 3.07. The molecule has 4 nitrogen and oxygen atoms in total. The molecule has 0 aliphatic rings. The van der Waals surface area contributed by atoms with Crippen molar-refractivity contribution in [2.45, 2.75) is 0 Å². The Morgan fingerprint density at radius 2 is 2.18 bits per heavy atom. The number of anilines is 1. The van der Waals surface area contributed by atoms with Crippen LogP contribution in [0.25, 0.3) is 22.4 Å². The van der Waals surface area contributed by atoms with Crippen molar-refractivity contribution in [2.75, 3.05) is 5.73 Å². The zero-order chi connectivity index (χ0) is 12.0. The Balaban J connectivity index is 2.32. The van der Waals surface area contributed by atoms with Crippen LogP contribution in [-0.4, -0.2) is 9.72 Å². The normalized spacial score (nSPS) is 11.2. The van der Waals surface area contributed by atoms with Gasteiger partial charge in [-0.15, -0.1) is 0 Å².